The third-order valence-electron chi connectivity index (χ3n) is 3.16. The molecule has 4 nitrogen and oxygen atoms in total. The summed E-state index contributed by atoms with van der Waals surface area (Å²) in [5, 5.41) is 6.22. The average Bonchev–Trinajstić information content (AvgIpc) is 2.30. The van der Waals surface area contributed by atoms with Crippen molar-refractivity contribution >= 4 is 18.3 Å². The molecular formula is C12H26ClN3O. The Balaban J connectivity index is 0.00000256. The van der Waals surface area contributed by atoms with Crippen LogP contribution in [0.15, 0.2) is 0 Å². The number of nitrogens with zero attached hydrogens (tertiary/aromatic N) is 1. The number of amides is 1. The van der Waals surface area contributed by atoms with Crippen LogP contribution in [-0.2, 0) is 4.79 Å². The maximum atomic E-state index is 11.5. The average molecular weight is 264 g/mol. The SMILES string of the molecule is CCNC(=O)CN(CC)CC1CCNCC1.Cl. The summed E-state index contributed by atoms with van der Waals surface area (Å²) < 4.78 is 0. The Morgan fingerprint density at radius 1 is 1.35 bits per heavy atom. The van der Waals surface area contributed by atoms with Crippen LogP contribution < -0.4 is 10.6 Å². The molecule has 102 valence electrons. The van der Waals surface area contributed by atoms with E-state index in [1.165, 1.54) is 12.8 Å². The topological polar surface area (TPSA) is 44.4 Å². The van der Waals surface area contributed by atoms with Crippen molar-refractivity contribution in [3.63, 3.8) is 0 Å². The molecule has 1 fully saturated rings. The highest BCUT2D eigenvalue weighted by Crippen LogP contribution is 2.12. The van der Waals surface area contributed by atoms with Crippen LogP contribution in [0.1, 0.15) is 26.7 Å². The van der Waals surface area contributed by atoms with E-state index in [0.29, 0.717) is 6.54 Å². The van der Waals surface area contributed by atoms with Gasteiger partial charge in [0.1, 0.15) is 0 Å². The van der Waals surface area contributed by atoms with E-state index < -0.39 is 0 Å². The first-order valence-electron chi connectivity index (χ1n) is 6.46. The number of piperidine rings is 1. The van der Waals surface area contributed by atoms with E-state index in [2.05, 4.69) is 22.5 Å². The second kappa shape index (κ2) is 9.68. The summed E-state index contributed by atoms with van der Waals surface area (Å²) in [5.41, 5.74) is 0. The van der Waals surface area contributed by atoms with Crippen molar-refractivity contribution in [2.45, 2.75) is 26.7 Å². The van der Waals surface area contributed by atoms with E-state index in [4.69, 9.17) is 0 Å². The molecule has 2 N–H and O–H groups in total. The molecule has 0 spiro atoms. The van der Waals surface area contributed by atoms with Crippen LogP contribution in [0.25, 0.3) is 0 Å². The summed E-state index contributed by atoms with van der Waals surface area (Å²) in [5.74, 6) is 0.911. The van der Waals surface area contributed by atoms with Crippen molar-refractivity contribution in [1.82, 2.24) is 15.5 Å². The molecule has 1 aliphatic heterocycles. The second-order valence-corrected chi connectivity index (χ2v) is 4.47. The number of halogens is 1. The van der Waals surface area contributed by atoms with E-state index in [9.17, 15) is 4.79 Å². The largest absolute Gasteiger partial charge is 0.355 e. The lowest BCUT2D eigenvalue weighted by molar-refractivity contribution is -0.122. The summed E-state index contributed by atoms with van der Waals surface area (Å²) in [6.07, 6.45) is 2.48. The summed E-state index contributed by atoms with van der Waals surface area (Å²) in [6.45, 7) is 9.64. The van der Waals surface area contributed by atoms with Gasteiger partial charge in [0.05, 0.1) is 6.54 Å². The van der Waals surface area contributed by atoms with Crippen LogP contribution in [0.2, 0.25) is 0 Å². The molecule has 1 amide bonds. The highest BCUT2D eigenvalue weighted by atomic mass is 35.5. The van der Waals surface area contributed by atoms with Gasteiger partial charge in [-0.15, -0.1) is 12.4 Å². The van der Waals surface area contributed by atoms with Crippen LogP contribution in [0.4, 0.5) is 0 Å². The van der Waals surface area contributed by atoms with E-state index in [-0.39, 0.29) is 18.3 Å². The minimum absolute atomic E-state index is 0. The van der Waals surface area contributed by atoms with Crippen LogP contribution in [-0.4, -0.2) is 50.1 Å². The predicted octanol–water partition coefficient (Wildman–Crippen LogP) is 0.866. The Kier molecular flexibility index (Phi) is 9.50. The number of nitrogens with one attached hydrogen (secondary N) is 2. The Hall–Kier alpha value is -0.320. The first-order chi connectivity index (χ1) is 7.76. The fourth-order valence-corrected chi connectivity index (χ4v) is 2.19. The van der Waals surface area contributed by atoms with Gasteiger partial charge >= 0.3 is 0 Å². The Bertz CT molecular complexity index is 208. The van der Waals surface area contributed by atoms with Gasteiger partial charge in [0, 0.05) is 13.1 Å². The number of rotatable bonds is 6. The van der Waals surface area contributed by atoms with Gasteiger partial charge in [-0.2, -0.15) is 0 Å². The number of hydrogen-bond donors (Lipinski definition) is 2. The zero-order chi connectivity index (χ0) is 11.8. The molecule has 5 heteroatoms. The molecule has 0 radical (unpaired) electrons. The van der Waals surface area contributed by atoms with Crippen molar-refractivity contribution in [2.24, 2.45) is 5.92 Å². The molecule has 1 heterocycles. The van der Waals surface area contributed by atoms with Crippen molar-refractivity contribution < 1.29 is 4.79 Å². The van der Waals surface area contributed by atoms with Gasteiger partial charge in [-0.05, 0) is 45.3 Å². The summed E-state index contributed by atoms with van der Waals surface area (Å²) in [6, 6.07) is 0. The summed E-state index contributed by atoms with van der Waals surface area (Å²) in [4.78, 5) is 13.7. The molecule has 1 aliphatic rings. The Labute approximate surface area is 111 Å². The molecule has 0 unspecified atom stereocenters. The number of likely N-dealkylation sites (N-methyl/N-ethyl adjacent to an activating group) is 2. The van der Waals surface area contributed by atoms with Crippen molar-refractivity contribution in [1.29, 1.82) is 0 Å². The first kappa shape index (κ1) is 16.7. The van der Waals surface area contributed by atoms with Crippen LogP contribution in [0, 0.1) is 5.92 Å². The maximum absolute atomic E-state index is 11.5. The molecule has 0 aromatic rings. The van der Waals surface area contributed by atoms with E-state index in [1.807, 2.05) is 6.92 Å². The fraction of sp³-hybridized carbons (Fsp3) is 0.917. The van der Waals surface area contributed by atoms with Crippen molar-refractivity contribution in [2.75, 3.05) is 39.3 Å². The van der Waals surface area contributed by atoms with Crippen LogP contribution in [0.5, 0.6) is 0 Å². The lowest BCUT2D eigenvalue weighted by Gasteiger charge is -2.28. The maximum Gasteiger partial charge on any atom is 0.234 e. The Morgan fingerprint density at radius 3 is 2.53 bits per heavy atom. The number of carbonyl (C=O) groups excluding carboxylic acids is 1. The minimum Gasteiger partial charge on any atom is -0.355 e. The highest BCUT2D eigenvalue weighted by molar-refractivity contribution is 5.85. The summed E-state index contributed by atoms with van der Waals surface area (Å²) in [7, 11) is 0. The van der Waals surface area contributed by atoms with Gasteiger partial charge in [-0.25, -0.2) is 0 Å². The highest BCUT2D eigenvalue weighted by Gasteiger charge is 2.17. The van der Waals surface area contributed by atoms with Crippen LogP contribution in [0.3, 0.4) is 0 Å². The van der Waals surface area contributed by atoms with E-state index in [1.54, 1.807) is 0 Å². The number of carbonyl (C=O) groups is 1. The van der Waals surface area contributed by atoms with Gasteiger partial charge in [-0.3, -0.25) is 9.69 Å². The van der Waals surface area contributed by atoms with Gasteiger partial charge in [0.25, 0.3) is 0 Å². The molecule has 1 saturated heterocycles. The number of hydrogen-bond acceptors (Lipinski definition) is 3. The lowest BCUT2D eigenvalue weighted by atomic mass is 9.97. The molecule has 0 saturated carbocycles. The molecule has 0 aromatic heterocycles. The third kappa shape index (κ3) is 6.86. The van der Waals surface area contributed by atoms with Crippen LogP contribution >= 0.6 is 12.4 Å². The third-order valence-corrected chi connectivity index (χ3v) is 3.16. The van der Waals surface area contributed by atoms with Crippen molar-refractivity contribution in [3.05, 3.63) is 0 Å². The van der Waals surface area contributed by atoms with E-state index in [0.717, 1.165) is 38.6 Å². The zero-order valence-corrected chi connectivity index (χ0v) is 11.8. The van der Waals surface area contributed by atoms with Gasteiger partial charge in [0.15, 0.2) is 0 Å². The molecule has 0 aromatic carbocycles. The smallest absolute Gasteiger partial charge is 0.234 e. The van der Waals surface area contributed by atoms with E-state index >= 15 is 0 Å². The molecule has 0 atom stereocenters. The zero-order valence-electron chi connectivity index (χ0n) is 11.0. The quantitative estimate of drug-likeness (QED) is 0.747. The second-order valence-electron chi connectivity index (χ2n) is 4.47. The van der Waals surface area contributed by atoms with Gasteiger partial charge in [-0.1, -0.05) is 6.92 Å². The molecular weight excluding hydrogens is 238 g/mol. The monoisotopic (exact) mass is 263 g/mol. The summed E-state index contributed by atoms with van der Waals surface area (Å²) >= 11 is 0. The Morgan fingerprint density at radius 2 is 2.00 bits per heavy atom. The van der Waals surface area contributed by atoms with Gasteiger partial charge in [0.2, 0.25) is 5.91 Å². The molecule has 17 heavy (non-hydrogen) atoms. The first-order valence-corrected chi connectivity index (χ1v) is 6.46. The molecule has 1 rings (SSSR count). The fourth-order valence-electron chi connectivity index (χ4n) is 2.19. The normalized spacial score (nSPS) is 16.6. The van der Waals surface area contributed by atoms with Gasteiger partial charge < -0.3 is 10.6 Å². The predicted molar refractivity (Wildman–Crippen MR) is 73.6 cm³/mol. The standard InChI is InChI=1S/C12H25N3O.ClH/c1-3-14-12(16)10-15(4-2)9-11-5-7-13-8-6-11;/h11,13H,3-10H2,1-2H3,(H,14,16);1H. The minimum atomic E-state index is 0. The lowest BCUT2D eigenvalue weighted by Crippen LogP contribution is -2.41. The van der Waals surface area contributed by atoms with Crippen molar-refractivity contribution in [3.8, 4) is 0 Å². The molecule has 0 aliphatic carbocycles. The molecule has 0 bridgehead atoms.